The molecule has 6 nitrogen and oxygen atoms in total. The van der Waals surface area contributed by atoms with Crippen LogP contribution in [-0.4, -0.2) is 41.4 Å². The van der Waals surface area contributed by atoms with Gasteiger partial charge in [-0.15, -0.1) is 5.10 Å². The second-order valence-electron chi connectivity index (χ2n) is 6.93. The van der Waals surface area contributed by atoms with E-state index in [1.165, 1.54) is 23.3 Å². The number of nitrogens with one attached hydrogen (secondary N) is 1. The van der Waals surface area contributed by atoms with Crippen molar-refractivity contribution in [3.05, 3.63) is 71.7 Å². The lowest BCUT2D eigenvalue weighted by molar-refractivity contribution is 0.624. The van der Waals surface area contributed by atoms with Crippen molar-refractivity contribution in [3.8, 4) is 0 Å². The highest BCUT2D eigenvalue weighted by molar-refractivity contribution is 5.49. The molecule has 7 heteroatoms. The van der Waals surface area contributed by atoms with E-state index in [0.717, 1.165) is 37.7 Å². The van der Waals surface area contributed by atoms with Gasteiger partial charge in [-0.2, -0.15) is 10.1 Å². The fourth-order valence-corrected chi connectivity index (χ4v) is 3.37. The second kappa shape index (κ2) is 8.21. The summed E-state index contributed by atoms with van der Waals surface area (Å²) in [7, 11) is 0. The summed E-state index contributed by atoms with van der Waals surface area (Å²) in [6.45, 7) is 6.09. The van der Waals surface area contributed by atoms with Gasteiger partial charge in [0, 0.05) is 38.4 Å². The van der Waals surface area contributed by atoms with Crippen molar-refractivity contribution in [1.29, 1.82) is 0 Å². The number of benzene rings is 2. The zero-order valence-electron chi connectivity index (χ0n) is 15.8. The van der Waals surface area contributed by atoms with E-state index >= 15 is 0 Å². The molecule has 1 fully saturated rings. The zero-order valence-corrected chi connectivity index (χ0v) is 15.8. The highest BCUT2D eigenvalue weighted by Crippen LogP contribution is 2.19. The zero-order chi connectivity index (χ0) is 19.3. The molecule has 0 saturated carbocycles. The van der Waals surface area contributed by atoms with E-state index in [-0.39, 0.29) is 5.82 Å². The molecule has 0 aliphatic carbocycles. The minimum absolute atomic E-state index is 0.208. The van der Waals surface area contributed by atoms with Gasteiger partial charge in [-0.1, -0.05) is 29.8 Å². The largest absolute Gasteiger partial charge is 0.368 e. The number of piperazine rings is 1. The number of aromatic nitrogens is 3. The lowest BCUT2D eigenvalue weighted by Crippen LogP contribution is -2.47. The highest BCUT2D eigenvalue weighted by atomic mass is 19.1. The second-order valence-corrected chi connectivity index (χ2v) is 6.93. The molecule has 0 bridgehead atoms. The van der Waals surface area contributed by atoms with Crippen molar-refractivity contribution in [2.45, 2.75) is 13.5 Å². The van der Waals surface area contributed by atoms with Gasteiger partial charge in [-0.05, 0) is 36.8 Å². The first-order valence-corrected chi connectivity index (χ1v) is 9.42. The van der Waals surface area contributed by atoms with Crippen LogP contribution in [0.2, 0.25) is 0 Å². The number of rotatable bonds is 5. The first-order valence-electron chi connectivity index (χ1n) is 9.42. The Bertz CT molecular complexity index is 922. The molecule has 144 valence electrons. The number of hydrogen-bond donors (Lipinski definition) is 1. The fourth-order valence-electron chi connectivity index (χ4n) is 3.37. The van der Waals surface area contributed by atoms with Gasteiger partial charge in [-0.25, -0.2) is 4.39 Å². The van der Waals surface area contributed by atoms with Crippen molar-refractivity contribution in [3.63, 3.8) is 0 Å². The van der Waals surface area contributed by atoms with Crippen molar-refractivity contribution in [2.75, 3.05) is 41.3 Å². The molecule has 3 aromatic rings. The average molecular weight is 378 g/mol. The number of anilines is 3. The lowest BCUT2D eigenvalue weighted by atomic mass is 10.1. The minimum atomic E-state index is -0.208. The molecule has 4 rings (SSSR count). The molecule has 0 amide bonds. The van der Waals surface area contributed by atoms with E-state index in [0.29, 0.717) is 12.5 Å². The van der Waals surface area contributed by atoms with Gasteiger partial charge in [0.15, 0.2) is 5.82 Å². The smallest absolute Gasteiger partial charge is 0.244 e. The SMILES string of the molecule is Cc1cccc(CNc2nncc(N3CCN(c4ccc(F)cc4)CC3)n2)c1. The van der Waals surface area contributed by atoms with E-state index < -0.39 is 0 Å². The average Bonchev–Trinajstić information content (AvgIpc) is 2.73. The molecular formula is C21H23FN6. The molecular weight excluding hydrogens is 355 g/mol. The predicted molar refractivity (Wildman–Crippen MR) is 109 cm³/mol. The molecule has 1 aliphatic rings. The van der Waals surface area contributed by atoms with Crippen molar-refractivity contribution in [2.24, 2.45) is 0 Å². The standard InChI is InChI=1S/C21H23FN6/c1-16-3-2-4-17(13-16)14-23-21-25-20(15-24-26-21)28-11-9-27(10-12-28)19-7-5-18(22)6-8-19/h2-8,13,15H,9-12,14H2,1H3,(H,23,25,26). The fraction of sp³-hybridized carbons (Fsp3) is 0.286. The van der Waals surface area contributed by atoms with Crippen molar-refractivity contribution in [1.82, 2.24) is 15.2 Å². The molecule has 1 aromatic heterocycles. The molecule has 0 radical (unpaired) electrons. The predicted octanol–water partition coefficient (Wildman–Crippen LogP) is 3.26. The van der Waals surface area contributed by atoms with Gasteiger partial charge < -0.3 is 15.1 Å². The molecule has 1 saturated heterocycles. The van der Waals surface area contributed by atoms with Gasteiger partial charge in [0.1, 0.15) is 5.82 Å². The van der Waals surface area contributed by atoms with Crippen LogP contribution in [0, 0.1) is 12.7 Å². The summed E-state index contributed by atoms with van der Waals surface area (Å²) in [5.74, 6) is 1.14. The van der Waals surface area contributed by atoms with E-state index in [1.54, 1.807) is 6.20 Å². The van der Waals surface area contributed by atoms with Gasteiger partial charge in [0.05, 0.1) is 6.20 Å². The number of hydrogen-bond acceptors (Lipinski definition) is 6. The van der Waals surface area contributed by atoms with Crippen LogP contribution in [0.25, 0.3) is 0 Å². The Morgan fingerprint density at radius 1 is 1.00 bits per heavy atom. The molecule has 2 aromatic carbocycles. The molecule has 0 atom stereocenters. The molecule has 2 heterocycles. The van der Waals surface area contributed by atoms with E-state index in [2.05, 4.69) is 55.4 Å². The van der Waals surface area contributed by atoms with Crippen molar-refractivity contribution < 1.29 is 4.39 Å². The Hall–Kier alpha value is -3.22. The Morgan fingerprint density at radius 3 is 2.50 bits per heavy atom. The molecule has 1 aliphatic heterocycles. The first kappa shape index (κ1) is 18.2. The molecule has 1 N–H and O–H groups in total. The maximum Gasteiger partial charge on any atom is 0.244 e. The first-order chi connectivity index (χ1) is 13.7. The highest BCUT2D eigenvalue weighted by Gasteiger charge is 2.19. The lowest BCUT2D eigenvalue weighted by Gasteiger charge is -2.36. The van der Waals surface area contributed by atoms with Gasteiger partial charge in [-0.3, -0.25) is 0 Å². The normalized spacial score (nSPS) is 14.2. The summed E-state index contributed by atoms with van der Waals surface area (Å²) in [6.07, 6.45) is 1.70. The minimum Gasteiger partial charge on any atom is -0.368 e. The van der Waals surface area contributed by atoms with Crippen molar-refractivity contribution >= 4 is 17.5 Å². The topological polar surface area (TPSA) is 57.2 Å². The Kier molecular flexibility index (Phi) is 5.32. The van der Waals surface area contributed by atoms with E-state index in [9.17, 15) is 4.39 Å². The van der Waals surface area contributed by atoms with Crippen LogP contribution < -0.4 is 15.1 Å². The van der Waals surface area contributed by atoms with E-state index in [1.807, 2.05) is 18.2 Å². The van der Waals surface area contributed by atoms with Gasteiger partial charge in [0.2, 0.25) is 5.95 Å². The summed E-state index contributed by atoms with van der Waals surface area (Å²) < 4.78 is 13.1. The maximum absolute atomic E-state index is 13.1. The summed E-state index contributed by atoms with van der Waals surface area (Å²) in [5, 5.41) is 11.5. The Balaban J connectivity index is 1.36. The molecule has 0 spiro atoms. The van der Waals surface area contributed by atoms with Crippen LogP contribution in [0.1, 0.15) is 11.1 Å². The summed E-state index contributed by atoms with van der Waals surface area (Å²) in [4.78, 5) is 9.07. The quantitative estimate of drug-likeness (QED) is 0.736. The summed E-state index contributed by atoms with van der Waals surface area (Å²) in [5.41, 5.74) is 3.45. The number of nitrogens with zero attached hydrogens (tertiary/aromatic N) is 5. The summed E-state index contributed by atoms with van der Waals surface area (Å²) in [6, 6.07) is 15.0. The monoisotopic (exact) mass is 378 g/mol. The maximum atomic E-state index is 13.1. The van der Waals surface area contributed by atoms with Gasteiger partial charge >= 0.3 is 0 Å². The third-order valence-electron chi connectivity index (χ3n) is 4.87. The third kappa shape index (κ3) is 4.36. The van der Waals surface area contributed by atoms with E-state index in [4.69, 9.17) is 0 Å². The number of aryl methyl sites for hydroxylation is 1. The third-order valence-corrected chi connectivity index (χ3v) is 4.87. The summed E-state index contributed by atoms with van der Waals surface area (Å²) >= 11 is 0. The van der Waals surface area contributed by atoms with Crippen LogP contribution in [0.15, 0.2) is 54.7 Å². The van der Waals surface area contributed by atoms with Crippen LogP contribution >= 0.6 is 0 Å². The molecule has 0 unspecified atom stereocenters. The Morgan fingerprint density at radius 2 is 1.75 bits per heavy atom. The molecule has 28 heavy (non-hydrogen) atoms. The van der Waals surface area contributed by atoms with Crippen LogP contribution in [0.4, 0.5) is 21.8 Å². The van der Waals surface area contributed by atoms with Crippen LogP contribution in [-0.2, 0) is 6.54 Å². The van der Waals surface area contributed by atoms with Gasteiger partial charge in [0.25, 0.3) is 0 Å². The van der Waals surface area contributed by atoms with Crippen LogP contribution in [0.5, 0.6) is 0 Å². The van der Waals surface area contributed by atoms with Crippen LogP contribution in [0.3, 0.4) is 0 Å². The Labute approximate surface area is 164 Å². The number of halogens is 1.